The van der Waals surface area contributed by atoms with E-state index in [1.165, 1.54) is 0 Å². The van der Waals surface area contributed by atoms with Gasteiger partial charge < -0.3 is 4.74 Å². The zero-order chi connectivity index (χ0) is 15.2. The molecule has 21 heavy (non-hydrogen) atoms. The lowest BCUT2D eigenvalue weighted by Crippen LogP contribution is -2.17. The minimum atomic E-state index is -0.276. The summed E-state index contributed by atoms with van der Waals surface area (Å²) in [5.74, 6) is 0.403. The van der Waals surface area contributed by atoms with Crippen LogP contribution in [-0.4, -0.2) is 19.2 Å². The van der Waals surface area contributed by atoms with E-state index < -0.39 is 0 Å². The first-order valence-electron chi connectivity index (χ1n) is 6.02. The lowest BCUT2D eigenvalue weighted by molar-refractivity contribution is 0.0955. The standard InChI is InChI=1S/C15H12Br2N2O2/c1-21-14-6-5-13(17)8-11(14)9-18-19-15(20)10-3-2-4-12(16)7-10/h2-9H,1H3,(H,19,20)/b18-9-. The highest BCUT2D eigenvalue weighted by Crippen LogP contribution is 2.21. The molecule has 4 nitrogen and oxygen atoms in total. The zero-order valence-corrected chi connectivity index (χ0v) is 14.3. The van der Waals surface area contributed by atoms with Crippen LogP contribution in [0.25, 0.3) is 0 Å². The van der Waals surface area contributed by atoms with Gasteiger partial charge >= 0.3 is 0 Å². The van der Waals surface area contributed by atoms with Crippen molar-refractivity contribution in [3.05, 3.63) is 62.5 Å². The van der Waals surface area contributed by atoms with Crippen LogP contribution in [0.4, 0.5) is 0 Å². The Morgan fingerprint density at radius 3 is 2.67 bits per heavy atom. The molecule has 1 amide bonds. The summed E-state index contributed by atoms with van der Waals surface area (Å²) in [7, 11) is 1.58. The molecule has 0 heterocycles. The van der Waals surface area contributed by atoms with Gasteiger partial charge in [0, 0.05) is 20.1 Å². The second kappa shape index (κ2) is 7.38. The summed E-state index contributed by atoms with van der Waals surface area (Å²) in [4.78, 5) is 11.9. The highest BCUT2D eigenvalue weighted by atomic mass is 79.9. The number of benzene rings is 2. The van der Waals surface area contributed by atoms with Gasteiger partial charge in [-0.05, 0) is 36.4 Å². The van der Waals surface area contributed by atoms with E-state index in [-0.39, 0.29) is 5.91 Å². The number of methoxy groups -OCH3 is 1. The van der Waals surface area contributed by atoms with Gasteiger partial charge in [0.15, 0.2) is 0 Å². The summed E-state index contributed by atoms with van der Waals surface area (Å²) in [6.45, 7) is 0. The fourth-order valence-corrected chi connectivity index (χ4v) is 2.44. The smallest absolute Gasteiger partial charge is 0.271 e. The van der Waals surface area contributed by atoms with Crippen LogP contribution in [0.1, 0.15) is 15.9 Å². The summed E-state index contributed by atoms with van der Waals surface area (Å²) in [5.41, 5.74) is 3.78. The number of ether oxygens (including phenoxy) is 1. The van der Waals surface area contributed by atoms with Crippen molar-refractivity contribution in [1.82, 2.24) is 5.43 Å². The molecule has 0 aliphatic rings. The molecule has 0 fully saturated rings. The fraction of sp³-hybridized carbons (Fsp3) is 0.0667. The van der Waals surface area contributed by atoms with E-state index in [1.54, 1.807) is 31.5 Å². The molecule has 0 radical (unpaired) electrons. The molecule has 0 bridgehead atoms. The number of carbonyl (C=O) groups excluding carboxylic acids is 1. The van der Waals surface area contributed by atoms with Crippen molar-refractivity contribution in [2.75, 3.05) is 7.11 Å². The van der Waals surface area contributed by atoms with E-state index in [2.05, 4.69) is 42.4 Å². The van der Waals surface area contributed by atoms with Gasteiger partial charge in [0.25, 0.3) is 5.91 Å². The molecule has 108 valence electrons. The minimum Gasteiger partial charge on any atom is -0.496 e. The minimum absolute atomic E-state index is 0.276. The SMILES string of the molecule is COc1ccc(Br)cc1/C=N\NC(=O)c1cccc(Br)c1. The second-order valence-corrected chi connectivity index (χ2v) is 5.93. The number of hydrogen-bond donors (Lipinski definition) is 1. The van der Waals surface area contributed by atoms with Gasteiger partial charge in [-0.2, -0.15) is 5.10 Å². The van der Waals surface area contributed by atoms with Crippen LogP contribution in [0.3, 0.4) is 0 Å². The molecule has 1 N–H and O–H groups in total. The molecular formula is C15H12Br2N2O2. The van der Waals surface area contributed by atoms with E-state index in [0.29, 0.717) is 11.3 Å². The van der Waals surface area contributed by atoms with Crippen LogP contribution < -0.4 is 10.2 Å². The average molecular weight is 412 g/mol. The molecule has 0 atom stereocenters. The number of hydrogen-bond acceptors (Lipinski definition) is 3. The fourth-order valence-electron chi connectivity index (χ4n) is 1.66. The maximum absolute atomic E-state index is 11.9. The number of rotatable bonds is 4. The molecule has 0 aliphatic heterocycles. The molecule has 0 unspecified atom stereocenters. The Labute approximate surface area is 139 Å². The monoisotopic (exact) mass is 410 g/mol. The van der Waals surface area contributed by atoms with Crippen molar-refractivity contribution in [2.24, 2.45) is 5.10 Å². The molecule has 0 saturated heterocycles. The maximum atomic E-state index is 11.9. The lowest BCUT2D eigenvalue weighted by atomic mass is 10.2. The summed E-state index contributed by atoms with van der Waals surface area (Å²) in [6, 6.07) is 12.6. The lowest BCUT2D eigenvalue weighted by Gasteiger charge is -2.04. The van der Waals surface area contributed by atoms with E-state index >= 15 is 0 Å². The summed E-state index contributed by atoms with van der Waals surface area (Å²) < 4.78 is 6.97. The van der Waals surface area contributed by atoms with Crippen LogP contribution in [0.2, 0.25) is 0 Å². The van der Waals surface area contributed by atoms with Gasteiger partial charge in [0.2, 0.25) is 0 Å². The molecule has 2 aromatic rings. The molecule has 0 saturated carbocycles. The van der Waals surface area contributed by atoms with Gasteiger partial charge in [0.1, 0.15) is 5.75 Å². The number of carbonyl (C=O) groups is 1. The van der Waals surface area contributed by atoms with Crippen LogP contribution in [0.5, 0.6) is 5.75 Å². The largest absolute Gasteiger partial charge is 0.496 e. The van der Waals surface area contributed by atoms with E-state index in [4.69, 9.17) is 4.74 Å². The van der Waals surface area contributed by atoms with Crippen LogP contribution in [-0.2, 0) is 0 Å². The Hall–Kier alpha value is -1.66. The van der Waals surface area contributed by atoms with Gasteiger partial charge in [0.05, 0.1) is 13.3 Å². The predicted molar refractivity (Wildman–Crippen MR) is 89.9 cm³/mol. The van der Waals surface area contributed by atoms with Crippen molar-refractivity contribution < 1.29 is 9.53 Å². The van der Waals surface area contributed by atoms with Gasteiger partial charge in [-0.25, -0.2) is 5.43 Å². The highest BCUT2D eigenvalue weighted by molar-refractivity contribution is 9.10. The third kappa shape index (κ3) is 4.41. The molecule has 2 rings (SSSR count). The number of amides is 1. The Kier molecular flexibility index (Phi) is 5.52. The first-order valence-corrected chi connectivity index (χ1v) is 7.61. The topological polar surface area (TPSA) is 50.7 Å². The number of halogens is 2. The molecule has 6 heteroatoms. The Morgan fingerprint density at radius 2 is 1.95 bits per heavy atom. The van der Waals surface area contributed by atoms with Crippen molar-refractivity contribution in [3.8, 4) is 5.75 Å². The van der Waals surface area contributed by atoms with Crippen molar-refractivity contribution in [3.63, 3.8) is 0 Å². The maximum Gasteiger partial charge on any atom is 0.271 e. The normalized spacial score (nSPS) is 10.6. The number of nitrogens with zero attached hydrogens (tertiary/aromatic N) is 1. The van der Waals surface area contributed by atoms with Crippen molar-refractivity contribution in [2.45, 2.75) is 0 Å². The van der Waals surface area contributed by atoms with E-state index in [0.717, 1.165) is 14.5 Å². The quantitative estimate of drug-likeness (QED) is 0.610. The van der Waals surface area contributed by atoms with Crippen molar-refractivity contribution in [1.29, 1.82) is 0 Å². The highest BCUT2D eigenvalue weighted by Gasteiger charge is 2.05. The van der Waals surface area contributed by atoms with Crippen molar-refractivity contribution >= 4 is 44.0 Å². The Bertz CT molecular complexity index is 687. The van der Waals surface area contributed by atoms with Gasteiger partial charge in [-0.15, -0.1) is 0 Å². The average Bonchev–Trinajstić information content (AvgIpc) is 2.47. The molecule has 0 aromatic heterocycles. The Morgan fingerprint density at radius 1 is 1.19 bits per heavy atom. The summed E-state index contributed by atoms with van der Waals surface area (Å²) in [6.07, 6.45) is 1.54. The zero-order valence-electron chi connectivity index (χ0n) is 11.1. The van der Waals surface area contributed by atoms with E-state index in [9.17, 15) is 4.79 Å². The second-order valence-electron chi connectivity index (χ2n) is 4.10. The predicted octanol–water partition coefficient (Wildman–Crippen LogP) is 3.98. The Balaban J connectivity index is 2.09. The van der Waals surface area contributed by atoms with Crippen LogP contribution in [0, 0.1) is 0 Å². The molecule has 0 spiro atoms. The number of hydrazone groups is 1. The third-order valence-electron chi connectivity index (χ3n) is 2.65. The summed E-state index contributed by atoms with van der Waals surface area (Å²) in [5, 5.41) is 3.96. The first kappa shape index (κ1) is 15.7. The molecule has 0 aliphatic carbocycles. The number of nitrogens with one attached hydrogen (secondary N) is 1. The molecular weight excluding hydrogens is 400 g/mol. The molecule has 2 aromatic carbocycles. The van der Waals surface area contributed by atoms with Crippen LogP contribution >= 0.6 is 31.9 Å². The van der Waals surface area contributed by atoms with Crippen LogP contribution in [0.15, 0.2) is 56.5 Å². The summed E-state index contributed by atoms with van der Waals surface area (Å²) >= 11 is 6.70. The first-order chi connectivity index (χ1) is 10.1. The third-order valence-corrected chi connectivity index (χ3v) is 3.63. The van der Waals surface area contributed by atoms with Gasteiger partial charge in [-0.3, -0.25) is 4.79 Å². The van der Waals surface area contributed by atoms with Gasteiger partial charge in [-0.1, -0.05) is 37.9 Å². The van der Waals surface area contributed by atoms with E-state index in [1.807, 2.05) is 24.3 Å².